The van der Waals surface area contributed by atoms with Crippen LogP contribution in [0.5, 0.6) is 0 Å². The van der Waals surface area contributed by atoms with Crippen molar-refractivity contribution >= 4 is 35.2 Å². The average molecular weight is 610 g/mol. The van der Waals surface area contributed by atoms with Gasteiger partial charge in [0, 0.05) is 41.5 Å². The Hall–Kier alpha value is -3.12. The Balaban J connectivity index is 1.47. The van der Waals surface area contributed by atoms with Gasteiger partial charge in [0.1, 0.15) is 5.82 Å². The number of rotatable bonds is 10. The Morgan fingerprint density at radius 1 is 1.02 bits per heavy atom. The second kappa shape index (κ2) is 13.7. The van der Waals surface area contributed by atoms with Crippen LogP contribution in [0.25, 0.3) is 0 Å². The highest BCUT2D eigenvalue weighted by Crippen LogP contribution is 2.30. The third-order valence-corrected chi connectivity index (χ3v) is 7.68. The van der Waals surface area contributed by atoms with Crippen LogP contribution in [-0.4, -0.2) is 58.7 Å². The molecule has 3 aromatic carbocycles. The fourth-order valence-electron chi connectivity index (χ4n) is 4.43. The molecule has 0 aliphatic carbocycles. The molecular formula is C29H28ClF4N3O3S. The lowest BCUT2D eigenvalue weighted by Gasteiger charge is -2.25. The summed E-state index contributed by atoms with van der Waals surface area (Å²) in [6.45, 7) is 0.350. The maximum Gasteiger partial charge on any atom is 0.416 e. The summed E-state index contributed by atoms with van der Waals surface area (Å²) in [6, 6.07) is 14.9. The zero-order valence-corrected chi connectivity index (χ0v) is 23.3. The molecule has 0 aromatic heterocycles. The molecule has 6 nitrogen and oxygen atoms in total. The van der Waals surface area contributed by atoms with E-state index >= 15 is 0 Å². The van der Waals surface area contributed by atoms with Gasteiger partial charge in [0.2, 0.25) is 0 Å². The molecule has 1 fully saturated rings. The van der Waals surface area contributed by atoms with Crippen LogP contribution in [0.15, 0.2) is 66.7 Å². The van der Waals surface area contributed by atoms with Crippen molar-refractivity contribution in [3.63, 3.8) is 0 Å². The molecule has 2 atom stereocenters. The van der Waals surface area contributed by atoms with Crippen LogP contribution < -0.4 is 10.6 Å². The molecule has 1 saturated heterocycles. The second-order valence-corrected chi connectivity index (χ2v) is 11.2. The lowest BCUT2D eigenvalue weighted by atomic mass is 10.00. The van der Waals surface area contributed by atoms with Crippen molar-refractivity contribution in [2.45, 2.75) is 31.3 Å². The number of aliphatic hydroxyl groups excluding tert-OH is 1. The van der Waals surface area contributed by atoms with Crippen molar-refractivity contribution in [2.24, 2.45) is 0 Å². The fraction of sp³-hybridized carbons (Fsp3) is 0.310. The van der Waals surface area contributed by atoms with Crippen molar-refractivity contribution < 1.29 is 32.3 Å². The highest BCUT2D eigenvalue weighted by atomic mass is 35.5. The summed E-state index contributed by atoms with van der Waals surface area (Å²) in [4.78, 5) is 27.8. The molecule has 2 amide bonds. The highest BCUT2D eigenvalue weighted by Gasteiger charge is 2.31. The number of hydrogen-bond donors (Lipinski definition) is 3. The number of carbonyl (C=O) groups excluding carboxylic acids is 2. The quantitative estimate of drug-likeness (QED) is 0.278. The van der Waals surface area contributed by atoms with Crippen LogP contribution in [0, 0.1) is 5.82 Å². The Labute approximate surface area is 244 Å². The van der Waals surface area contributed by atoms with Gasteiger partial charge in [0.25, 0.3) is 11.8 Å². The maximum atomic E-state index is 13.8. The van der Waals surface area contributed by atoms with E-state index in [1.165, 1.54) is 18.2 Å². The van der Waals surface area contributed by atoms with Gasteiger partial charge in [-0.2, -0.15) is 13.2 Å². The van der Waals surface area contributed by atoms with Crippen LogP contribution in [0.1, 0.15) is 37.4 Å². The van der Waals surface area contributed by atoms with Gasteiger partial charge in [-0.05, 0) is 53.9 Å². The van der Waals surface area contributed by atoms with Crippen molar-refractivity contribution in [1.29, 1.82) is 0 Å². The van der Waals surface area contributed by atoms with Crippen molar-refractivity contribution in [1.82, 2.24) is 15.5 Å². The molecular weight excluding hydrogens is 582 g/mol. The summed E-state index contributed by atoms with van der Waals surface area (Å²) in [5, 5.41) is 16.9. The summed E-state index contributed by atoms with van der Waals surface area (Å²) in [5.41, 5.74) is 0.198. The lowest BCUT2D eigenvalue weighted by Crippen LogP contribution is -2.48. The zero-order valence-electron chi connectivity index (χ0n) is 21.8. The van der Waals surface area contributed by atoms with Crippen LogP contribution in [0.2, 0.25) is 5.02 Å². The molecule has 218 valence electrons. The molecule has 1 heterocycles. The highest BCUT2D eigenvalue weighted by molar-refractivity contribution is 7.99. The predicted molar refractivity (Wildman–Crippen MR) is 150 cm³/mol. The van der Waals surface area contributed by atoms with Gasteiger partial charge in [-0.1, -0.05) is 41.9 Å². The minimum atomic E-state index is -4.69. The van der Waals surface area contributed by atoms with Gasteiger partial charge >= 0.3 is 6.18 Å². The molecule has 3 aromatic rings. The summed E-state index contributed by atoms with van der Waals surface area (Å²) >= 11 is 7.87. The molecule has 41 heavy (non-hydrogen) atoms. The van der Waals surface area contributed by atoms with Crippen molar-refractivity contribution in [3.8, 4) is 0 Å². The normalized spacial score (nSPS) is 15.0. The molecule has 1 aliphatic heterocycles. The number of alkyl halides is 3. The van der Waals surface area contributed by atoms with E-state index in [9.17, 15) is 32.3 Å². The zero-order chi connectivity index (χ0) is 29.6. The number of carbonyl (C=O) groups is 2. The molecule has 3 N–H and O–H groups in total. The van der Waals surface area contributed by atoms with Crippen LogP contribution in [-0.2, 0) is 19.1 Å². The van der Waals surface area contributed by atoms with Crippen LogP contribution in [0.3, 0.4) is 0 Å². The number of nitrogens with zero attached hydrogens (tertiary/aromatic N) is 1. The smallest absolute Gasteiger partial charge is 0.390 e. The van der Waals surface area contributed by atoms with Gasteiger partial charge in [0.05, 0.1) is 23.6 Å². The topological polar surface area (TPSA) is 81.7 Å². The van der Waals surface area contributed by atoms with E-state index in [0.717, 1.165) is 23.4 Å². The first-order valence-electron chi connectivity index (χ1n) is 12.8. The fourth-order valence-corrected chi connectivity index (χ4v) is 5.61. The predicted octanol–water partition coefficient (Wildman–Crippen LogP) is 5.14. The molecule has 0 saturated carbocycles. The number of thioether (sulfide) groups is 1. The molecule has 4 rings (SSSR count). The minimum Gasteiger partial charge on any atom is -0.390 e. The molecule has 1 aliphatic rings. The van der Waals surface area contributed by atoms with E-state index in [1.807, 2.05) is 30.3 Å². The number of aliphatic hydroxyl groups is 1. The molecule has 0 spiro atoms. The first-order chi connectivity index (χ1) is 19.5. The second-order valence-electron chi connectivity index (χ2n) is 9.65. The van der Waals surface area contributed by atoms with Crippen LogP contribution in [0.4, 0.5) is 17.6 Å². The van der Waals surface area contributed by atoms with Gasteiger partial charge in [-0.25, -0.2) is 4.39 Å². The summed E-state index contributed by atoms with van der Waals surface area (Å²) in [5.74, 6) is -0.428. The molecule has 0 radical (unpaired) electrons. The number of halogens is 5. The number of amides is 2. The third kappa shape index (κ3) is 8.68. The van der Waals surface area contributed by atoms with E-state index in [1.54, 1.807) is 16.7 Å². The van der Waals surface area contributed by atoms with Crippen LogP contribution >= 0.6 is 23.4 Å². The van der Waals surface area contributed by atoms with Gasteiger partial charge < -0.3 is 20.6 Å². The summed E-state index contributed by atoms with van der Waals surface area (Å²) in [6.07, 6.45) is -5.62. The number of hydrogen-bond acceptors (Lipinski definition) is 5. The van der Waals surface area contributed by atoms with Gasteiger partial charge in [-0.15, -0.1) is 11.8 Å². The summed E-state index contributed by atoms with van der Waals surface area (Å²) in [7, 11) is 0. The molecule has 0 unspecified atom stereocenters. The van der Waals surface area contributed by atoms with Crippen molar-refractivity contribution in [2.75, 3.05) is 24.7 Å². The lowest BCUT2D eigenvalue weighted by molar-refractivity contribution is -0.137. The summed E-state index contributed by atoms with van der Waals surface area (Å²) < 4.78 is 52.9. The maximum absolute atomic E-state index is 13.8. The third-order valence-electron chi connectivity index (χ3n) is 6.49. The van der Waals surface area contributed by atoms with E-state index < -0.39 is 35.6 Å². The number of nitrogens with one attached hydrogen (secondary N) is 2. The molecule has 12 heteroatoms. The van der Waals surface area contributed by atoms with E-state index in [2.05, 4.69) is 10.6 Å². The average Bonchev–Trinajstić information content (AvgIpc) is 3.47. The Morgan fingerprint density at radius 3 is 2.44 bits per heavy atom. The van der Waals surface area contributed by atoms with E-state index in [0.29, 0.717) is 18.5 Å². The van der Waals surface area contributed by atoms with Gasteiger partial charge in [-0.3, -0.25) is 9.59 Å². The monoisotopic (exact) mass is 609 g/mol. The van der Waals surface area contributed by atoms with Gasteiger partial charge in [0.15, 0.2) is 0 Å². The Bertz CT molecular complexity index is 1370. The van der Waals surface area contributed by atoms with E-state index in [4.69, 9.17) is 11.6 Å². The molecule has 0 bridgehead atoms. The first kappa shape index (κ1) is 30.8. The first-order valence-corrected chi connectivity index (χ1v) is 14.3. The SMILES string of the molecule is O=C(N[C@@H](Cc1ccccc1)[C@H](O)CNCc1cc(F)cc(C(F)(F)F)c1)c1cc(Cl)cc(C(=O)N2CCSC2)c1. The Morgan fingerprint density at radius 2 is 1.76 bits per heavy atom. The Kier molecular flexibility index (Phi) is 10.3. The minimum absolute atomic E-state index is 0.0562. The van der Waals surface area contributed by atoms with Crippen molar-refractivity contribution in [3.05, 3.63) is 105 Å². The standard InChI is InChI=1S/C29H28ClF4N3O3S/c30-23-12-20(11-21(13-23)28(40)37-6-7-41-17-37)27(39)36-25(10-18-4-2-1-3-5-18)26(38)16-35-15-19-8-22(29(32,33)34)14-24(31)9-19/h1-5,8-9,11-14,25-26,35,38H,6-7,10,15-17H2,(H,36,39)/t25-,26+/m0/s1. The number of benzene rings is 3. The van der Waals surface area contributed by atoms with E-state index in [-0.39, 0.29) is 47.1 Å². The largest absolute Gasteiger partial charge is 0.416 e.